The van der Waals surface area contributed by atoms with Crippen LogP contribution in [0.4, 0.5) is 0 Å². The second kappa shape index (κ2) is 41.5. The summed E-state index contributed by atoms with van der Waals surface area (Å²) in [6.45, 7) is 4.73. The Hall–Kier alpha value is -1.18. The average Bonchev–Trinajstić information content (AvgIpc) is 3.17. The van der Waals surface area contributed by atoms with Crippen molar-refractivity contribution in [1.29, 1.82) is 0 Å². The Morgan fingerprint density at radius 1 is 0.544 bits per heavy atom. The largest absolute Gasteiger partial charge is 0.756 e. The molecule has 338 valence electrons. The van der Waals surface area contributed by atoms with Gasteiger partial charge in [0.1, 0.15) is 19.8 Å². The molecule has 0 rings (SSSR count). The lowest BCUT2D eigenvalue weighted by Crippen LogP contribution is -2.37. The molecule has 57 heavy (non-hydrogen) atoms. The lowest BCUT2D eigenvalue weighted by atomic mass is 10.0. The number of allylic oxidation sites excluding steroid dienone is 3. The summed E-state index contributed by atoms with van der Waals surface area (Å²) >= 11 is 0. The zero-order valence-corrected chi connectivity index (χ0v) is 39.2. The fraction of sp³-hybridized carbons (Fsp3) is 0.896. The van der Waals surface area contributed by atoms with E-state index in [0.717, 1.165) is 32.1 Å². The molecule has 0 amide bonds. The first-order chi connectivity index (χ1) is 27.6. The zero-order valence-electron chi connectivity index (χ0n) is 38.3. The number of unbranched alkanes of at least 4 members (excludes halogenated alkanes) is 29. The zero-order chi connectivity index (χ0) is 42.0. The fourth-order valence-electron chi connectivity index (χ4n) is 6.76. The quantitative estimate of drug-likeness (QED) is 0.0151. The third kappa shape index (κ3) is 45.7. The average molecular weight is 828 g/mol. The molecule has 0 radical (unpaired) electrons. The monoisotopic (exact) mass is 828 g/mol. The molecule has 0 aromatic carbocycles. The van der Waals surface area contributed by atoms with E-state index < -0.39 is 13.9 Å². The molecule has 2 atom stereocenters. The van der Waals surface area contributed by atoms with Gasteiger partial charge in [-0.05, 0) is 51.0 Å². The lowest BCUT2D eigenvalue weighted by Gasteiger charge is -2.28. The number of hydrogen-bond acceptors (Lipinski definition) is 7. The van der Waals surface area contributed by atoms with Gasteiger partial charge in [-0.2, -0.15) is 0 Å². The minimum absolute atomic E-state index is 0.0292. The summed E-state index contributed by atoms with van der Waals surface area (Å²) in [5.41, 5.74) is 0. The number of ether oxygens (including phenoxy) is 2. The highest BCUT2D eigenvalue weighted by atomic mass is 31.2. The maximum atomic E-state index is 12.5. The van der Waals surface area contributed by atoms with Crippen LogP contribution in [0.15, 0.2) is 24.5 Å². The molecule has 0 aromatic rings. The van der Waals surface area contributed by atoms with Crippen molar-refractivity contribution in [3.8, 4) is 0 Å². The molecule has 9 heteroatoms. The third-order valence-electron chi connectivity index (χ3n) is 10.6. The summed E-state index contributed by atoms with van der Waals surface area (Å²) in [6, 6.07) is 0. The molecule has 0 aliphatic heterocycles. The molecule has 0 saturated heterocycles. The van der Waals surface area contributed by atoms with Gasteiger partial charge >= 0.3 is 5.97 Å². The number of rotatable bonds is 45. The van der Waals surface area contributed by atoms with E-state index in [2.05, 4.69) is 26.0 Å². The van der Waals surface area contributed by atoms with E-state index >= 15 is 0 Å². The van der Waals surface area contributed by atoms with Crippen LogP contribution in [0.1, 0.15) is 226 Å². The molecule has 0 aliphatic rings. The van der Waals surface area contributed by atoms with Crippen LogP contribution >= 0.6 is 7.82 Å². The Balaban J connectivity index is 4.15. The van der Waals surface area contributed by atoms with Crippen LogP contribution in [-0.4, -0.2) is 64.1 Å². The summed E-state index contributed by atoms with van der Waals surface area (Å²) in [5, 5.41) is 0. The van der Waals surface area contributed by atoms with Gasteiger partial charge in [-0.3, -0.25) is 9.36 Å². The minimum atomic E-state index is -4.51. The number of nitrogens with zero attached hydrogens (tertiary/aromatic N) is 1. The number of phosphoric acid groups is 1. The molecule has 0 fully saturated rings. The van der Waals surface area contributed by atoms with Gasteiger partial charge in [-0.1, -0.05) is 187 Å². The maximum absolute atomic E-state index is 12.5. The van der Waals surface area contributed by atoms with E-state index in [1.807, 2.05) is 27.2 Å². The van der Waals surface area contributed by atoms with E-state index in [9.17, 15) is 14.3 Å². The van der Waals surface area contributed by atoms with Gasteiger partial charge in [0.25, 0.3) is 7.82 Å². The Morgan fingerprint density at radius 3 is 1.35 bits per heavy atom. The summed E-state index contributed by atoms with van der Waals surface area (Å²) < 4.78 is 34.4. The number of carbonyl (C=O) groups excluding carboxylic acids is 1. The maximum Gasteiger partial charge on any atom is 0.305 e. The first-order valence-electron chi connectivity index (χ1n) is 24.1. The smallest absolute Gasteiger partial charge is 0.305 e. The van der Waals surface area contributed by atoms with Gasteiger partial charge in [0.15, 0.2) is 6.10 Å². The first-order valence-corrected chi connectivity index (χ1v) is 25.6. The third-order valence-corrected chi connectivity index (χ3v) is 11.6. The number of likely N-dealkylation sites (N-methyl/N-ethyl adjacent to an activating group) is 1. The SMILES string of the molecule is CCCCCCCC/C=C\CCCCCCCCCCCCCC(=O)OCC(COP(=O)([O-])OCC[N+](C)(C)C)O/C=C\CCCCCCCCCCCCCC. The van der Waals surface area contributed by atoms with Crippen LogP contribution in [0.3, 0.4) is 0 Å². The van der Waals surface area contributed by atoms with Crippen molar-refractivity contribution in [2.45, 2.75) is 232 Å². The Bertz CT molecular complexity index is 967. The highest BCUT2D eigenvalue weighted by Crippen LogP contribution is 2.38. The second-order valence-electron chi connectivity index (χ2n) is 17.5. The predicted molar refractivity (Wildman–Crippen MR) is 240 cm³/mol. The standard InChI is InChI=1S/C48H94NO7P/c1-6-8-10-12-14-16-18-20-22-23-24-25-26-27-28-29-31-33-35-37-39-41-48(50)54-45-47(46-56-57(51,52)55-44-42-49(3,4)5)53-43-40-38-36-34-32-30-21-19-17-15-13-11-9-7-2/h20,22,40,43,47H,6-19,21,23-39,41-42,44-46H2,1-5H3/b22-20-,43-40-. The second-order valence-corrected chi connectivity index (χ2v) is 18.9. The van der Waals surface area contributed by atoms with E-state index in [4.69, 9.17) is 18.5 Å². The summed E-state index contributed by atoms with van der Waals surface area (Å²) in [7, 11) is 1.37. The van der Waals surface area contributed by atoms with E-state index in [1.54, 1.807) is 6.26 Å². The first kappa shape index (κ1) is 55.8. The van der Waals surface area contributed by atoms with E-state index in [1.165, 1.54) is 173 Å². The molecule has 8 nitrogen and oxygen atoms in total. The molecule has 0 N–H and O–H groups in total. The van der Waals surface area contributed by atoms with Gasteiger partial charge in [0.05, 0.1) is 34.0 Å². The Morgan fingerprint density at radius 2 is 0.930 bits per heavy atom. The van der Waals surface area contributed by atoms with Crippen molar-refractivity contribution >= 4 is 13.8 Å². The summed E-state index contributed by atoms with van der Waals surface area (Å²) in [5.74, 6) is -0.290. The lowest BCUT2D eigenvalue weighted by molar-refractivity contribution is -0.870. The molecule has 0 saturated carbocycles. The van der Waals surface area contributed by atoms with Crippen LogP contribution < -0.4 is 4.89 Å². The van der Waals surface area contributed by atoms with Crippen molar-refractivity contribution in [2.24, 2.45) is 0 Å². The van der Waals surface area contributed by atoms with Crippen LogP contribution in [0.25, 0.3) is 0 Å². The van der Waals surface area contributed by atoms with Gasteiger partial charge in [-0.25, -0.2) is 0 Å². The summed E-state index contributed by atoms with van der Waals surface area (Å²) in [4.78, 5) is 24.9. The van der Waals surface area contributed by atoms with Crippen molar-refractivity contribution in [3.05, 3.63) is 24.5 Å². The molecule has 0 spiro atoms. The van der Waals surface area contributed by atoms with Crippen molar-refractivity contribution < 1.29 is 37.3 Å². The molecular weight excluding hydrogens is 734 g/mol. The highest BCUT2D eigenvalue weighted by Gasteiger charge is 2.19. The topological polar surface area (TPSA) is 94.1 Å². The Kier molecular flexibility index (Phi) is 40.7. The molecule has 2 unspecified atom stereocenters. The van der Waals surface area contributed by atoms with E-state index in [0.29, 0.717) is 17.4 Å². The van der Waals surface area contributed by atoms with Crippen LogP contribution in [0, 0.1) is 0 Å². The number of carbonyl (C=O) groups is 1. The van der Waals surface area contributed by atoms with Gasteiger partial charge < -0.3 is 27.9 Å². The van der Waals surface area contributed by atoms with Gasteiger partial charge in [0.2, 0.25) is 0 Å². The molecule has 0 aromatic heterocycles. The number of phosphoric ester groups is 1. The summed E-state index contributed by atoms with van der Waals surface area (Å²) in [6.07, 6.45) is 48.7. The van der Waals surface area contributed by atoms with Crippen LogP contribution in [0.5, 0.6) is 0 Å². The highest BCUT2D eigenvalue weighted by molar-refractivity contribution is 7.45. The van der Waals surface area contributed by atoms with Crippen molar-refractivity contribution in [3.63, 3.8) is 0 Å². The van der Waals surface area contributed by atoms with Crippen LogP contribution in [0.2, 0.25) is 0 Å². The number of esters is 1. The number of hydrogen-bond donors (Lipinski definition) is 0. The van der Waals surface area contributed by atoms with Gasteiger partial charge in [-0.15, -0.1) is 0 Å². The molecular formula is C48H94NO7P. The normalized spacial score (nSPS) is 13.8. The van der Waals surface area contributed by atoms with Crippen LogP contribution in [-0.2, 0) is 27.9 Å². The van der Waals surface area contributed by atoms with E-state index in [-0.39, 0.29) is 25.8 Å². The molecule has 0 bridgehead atoms. The fourth-order valence-corrected chi connectivity index (χ4v) is 7.49. The molecule has 0 heterocycles. The van der Waals surface area contributed by atoms with Gasteiger partial charge in [0, 0.05) is 6.42 Å². The predicted octanol–water partition coefficient (Wildman–Crippen LogP) is 14.1. The Labute approximate surface area is 353 Å². The van der Waals surface area contributed by atoms with Crippen molar-refractivity contribution in [1.82, 2.24) is 0 Å². The molecule has 0 aliphatic carbocycles. The van der Waals surface area contributed by atoms with Crippen molar-refractivity contribution in [2.75, 3.05) is 47.5 Å². The number of quaternary nitrogens is 1. The minimum Gasteiger partial charge on any atom is -0.756 e.